The van der Waals surface area contributed by atoms with Crippen LogP contribution in [0.1, 0.15) is 12.8 Å². The van der Waals surface area contributed by atoms with Gasteiger partial charge in [-0.1, -0.05) is 0 Å². The number of rotatable bonds is 2. The van der Waals surface area contributed by atoms with Crippen LogP contribution in [0.25, 0.3) is 11.3 Å². The van der Waals surface area contributed by atoms with Crippen molar-refractivity contribution in [1.29, 1.82) is 0 Å². The predicted octanol–water partition coefficient (Wildman–Crippen LogP) is 1.99. The Hall–Kier alpha value is -2.20. The van der Waals surface area contributed by atoms with Gasteiger partial charge in [0.2, 0.25) is 0 Å². The van der Waals surface area contributed by atoms with Crippen LogP contribution < -0.4 is 32.7 Å². The minimum absolute atomic E-state index is 0.199. The predicted molar refractivity (Wildman–Crippen MR) is 148 cm³/mol. The lowest BCUT2D eigenvalue weighted by molar-refractivity contribution is 0.751. The van der Waals surface area contributed by atoms with Crippen molar-refractivity contribution in [2.24, 2.45) is 11.5 Å². The largest absolute Gasteiger partial charge is 0.383 e. The van der Waals surface area contributed by atoms with E-state index in [0.717, 1.165) is 69.7 Å². The molecule has 186 valence electrons. The molecule has 2 fully saturated rings. The zero-order valence-corrected chi connectivity index (χ0v) is 23.4. The van der Waals surface area contributed by atoms with Crippen molar-refractivity contribution in [3.8, 4) is 0 Å². The maximum absolute atomic E-state index is 6.07. The van der Waals surface area contributed by atoms with Crippen molar-refractivity contribution >= 4 is 82.4 Å². The van der Waals surface area contributed by atoms with Crippen LogP contribution in [0.15, 0.2) is 31.9 Å². The highest BCUT2D eigenvalue weighted by molar-refractivity contribution is 9.11. The second-order valence-electron chi connectivity index (χ2n) is 8.62. The molecule has 15 heteroatoms. The molecule has 0 saturated carbocycles. The molecule has 8 N–H and O–H groups in total. The first-order chi connectivity index (χ1) is 16.7. The Morgan fingerprint density at radius 1 is 0.800 bits per heavy atom. The number of anilines is 4. The van der Waals surface area contributed by atoms with Gasteiger partial charge in [0, 0.05) is 44.3 Å². The summed E-state index contributed by atoms with van der Waals surface area (Å²) in [7, 11) is 0. The standard InChI is InChI=1S/C10H12Br2N6.C10H13BrN6/c11-6-3-15-18-8(14)7(12)10(16-9(6)18)17-2-1-5(13)4-17;11-7-4-14-17-8(13)3-9(15-10(7)17)16-2-1-6(12)5-16/h3,5H,1-2,4,13-14H2;3-4,6H,1-2,5,12-13H2/t5-;6-/m11/s1. The number of hydrogen-bond donors (Lipinski definition) is 4. The average Bonchev–Trinajstić information content (AvgIpc) is 3.61. The Kier molecular flexibility index (Phi) is 6.78. The summed E-state index contributed by atoms with van der Waals surface area (Å²) in [5, 5.41) is 8.31. The van der Waals surface area contributed by atoms with Gasteiger partial charge in [-0.25, -0.2) is 9.97 Å². The minimum atomic E-state index is 0.199. The molecule has 4 aromatic rings. The quantitative estimate of drug-likeness (QED) is 0.247. The fraction of sp³-hybridized carbons (Fsp3) is 0.400. The van der Waals surface area contributed by atoms with Crippen molar-refractivity contribution in [3.63, 3.8) is 0 Å². The Morgan fingerprint density at radius 2 is 1.37 bits per heavy atom. The van der Waals surface area contributed by atoms with Crippen LogP contribution in [-0.2, 0) is 0 Å². The Bertz CT molecular complexity index is 1390. The first kappa shape index (κ1) is 24.5. The number of nitrogen functional groups attached to an aromatic ring is 2. The summed E-state index contributed by atoms with van der Waals surface area (Å²) >= 11 is 10.3. The number of hydrogen-bond acceptors (Lipinski definition) is 10. The monoisotopic (exact) mass is 670 g/mol. The van der Waals surface area contributed by atoms with Crippen LogP contribution in [0.5, 0.6) is 0 Å². The molecule has 0 unspecified atom stereocenters. The highest BCUT2D eigenvalue weighted by atomic mass is 79.9. The van der Waals surface area contributed by atoms with E-state index in [4.69, 9.17) is 22.9 Å². The third-order valence-electron chi connectivity index (χ3n) is 6.08. The zero-order valence-electron chi connectivity index (χ0n) is 18.7. The van der Waals surface area contributed by atoms with Crippen LogP contribution in [0, 0.1) is 0 Å². The zero-order chi connectivity index (χ0) is 24.9. The van der Waals surface area contributed by atoms with E-state index in [1.54, 1.807) is 21.4 Å². The lowest BCUT2D eigenvalue weighted by Gasteiger charge is -2.19. The SMILES string of the molecule is Nc1c(Br)c(N2CC[C@@H](N)C2)nc2c(Br)cnn12.Nc1cc(N2CC[C@@H](N)C2)nc2c(Br)cnn12. The molecule has 0 aliphatic carbocycles. The lowest BCUT2D eigenvalue weighted by Crippen LogP contribution is -2.27. The van der Waals surface area contributed by atoms with Gasteiger partial charge in [-0.15, -0.1) is 0 Å². The van der Waals surface area contributed by atoms with E-state index in [-0.39, 0.29) is 12.1 Å². The van der Waals surface area contributed by atoms with E-state index < -0.39 is 0 Å². The van der Waals surface area contributed by atoms with Crippen LogP contribution >= 0.6 is 47.8 Å². The first-order valence-corrected chi connectivity index (χ1v) is 13.4. The number of nitrogens with two attached hydrogens (primary N) is 4. The van der Waals surface area contributed by atoms with Gasteiger partial charge in [0.15, 0.2) is 11.3 Å². The summed E-state index contributed by atoms with van der Waals surface area (Å²) in [5.74, 6) is 2.82. The summed E-state index contributed by atoms with van der Waals surface area (Å²) in [5.41, 5.74) is 25.3. The number of nitrogens with zero attached hydrogens (tertiary/aromatic N) is 8. The van der Waals surface area contributed by atoms with E-state index in [2.05, 4.69) is 77.8 Å². The topological polar surface area (TPSA) is 171 Å². The van der Waals surface area contributed by atoms with Gasteiger partial charge < -0.3 is 32.7 Å². The molecule has 0 spiro atoms. The number of fused-ring (bicyclic) bond motifs is 2. The Morgan fingerprint density at radius 3 is 1.97 bits per heavy atom. The summed E-state index contributed by atoms with van der Waals surface area (Å²) in [4.78, 5) is 13.5. The van der Waals surface area contributed by atoms with Gasteiger partial charge in [-0.2, -0.15) is 19.2 Å². The summed E-state index contributed by atoms with van der Waals surface area (Å²) in [6, 6.07) is 2.26. The molecule has 0 radical (unpaired) electrons. The van der Waals surface area contributed by atoms with Crippen molar-refractivity contribution < 1.29 is 0 Å². The van der Waals surface area contributed by atoms with Gasteiger partial charge in [-0.05, 0) is 60.6 Å². The van der Waals surface area contributed by atoms with E-state index >= 15 is 0 Å². The normalized spacial score (nSPS) is 20.1. The molecule has 0 bridgehead atoms. The summed E-state index contributed by atoms with van der Waals surface area (Å²) < 4.78 is 5.65. The van der Waals surface area contributed by atoms with Gasteiger partial charge in [0.1, 0.15) is 27.7 Å². The van der Waals surface area contributed by atoms with Crippen LogP contribution in [0.3, 0.4) is 0 Å². The van der Waals surface area contributed by atoms with Crippen LogP contribution in [-0.4, -0.2) is 67.5 Å². The Labute approximate surface area is 226 Å². The highest BCUT2D eigenvalue weighted by Crippen LogP contribution is 2.34. The van der Waals surface area contributed by atoms with Crippen LogP contribution in [0.4, 0.5) is 23.3 Å². The molecule has 12 nitrogen and oxygen atoms in total. The molecule has 2 aliphatic rings. The lowest BCUT2D eigenvalue weighted by atomic mass is 10.3. The molecular formula is C20H25Br3N12. The molecule has 6 rings (SSSR count). The van der Waals surface area contributed by atoms with Gasteiger partial charge >= 0.3 is 0 Å². The average molecular weight is 673 g/mol. The maximum Gasteiger partial charge on any atom is 0.173 e. The molecule has 2 atom stereocenters. The Balaban J connectivity index is 0.000000145. The second-order valence-corrected chi connectivity index (χ2v) is 11.1. The van der Waals surface area contributed by atoms with E-state index in [1.807, 2.05) is 6.07 Å². The summed E-state index contributed by atoms with van der Waals surface area (Å²) in [6.07, 6.45) is 5.34. The van der Waals surface area contributed by atoms with Crippen molar-refractivity contribution in [2.75, 3.05) is 47.4 Å². The van der Waals surface area contributed by atoms with E-state index in [9.17, 15) is 0 Å². The minimum Gasteiger partial charge on any atom is -0.383 e. The third kappa shape index (κ3) is 4.67. The number of halogens is 3. The van der Waals surface area contributed by atoms with Crippen LogP contribution in [0.2, 0.25) is 0 Å². The number of aromatic nitrogens is 6. The van der Waals surface area contributed by atoms with Crippen molar-refractivity contribution in [1.82, 2.24) is 29.2 Å². The molecular weight excluding hydrogens is 648 g/mol. The molecule has 0 aromatic carbocycles. The van der Waals surface area contributed by atoms with Crippen molar-refractivity contribution in [3.05, 3.63) is 31.9 Å². The molecule has 4 aromatic heterocycles. The smallest absolute Gasteiger partial charge is 0.173 e. The van der Waals surface area contributed by atoms with Gasteiger partial charge in [-0.3, -0.25) is 0 Å². The molecule has 2 aliphatic heterocycles. The molecule has 2 saturated heterocycles. The third-order valence-corrected chi connectivity index (χ3v) is 7.96. The highest BCUT2D eigenvalue weighted by Gasteiger charge is 2.25. The van der Waals surface area contributed by atoms with Crippen molar-refractivity contribution in [2.45, 2.75) is 24.9 Å². The summed E-state index contributed by atoms with van der Waals surface area (Å²) in [6.45, 7) is 3.45. The molecule has 35 heavy (non-hydrogen) atoms. The maximum atomic E-state index is 6.07. The second kappa shape index (κ2) is 9.69. The van der Waals surface area contributed by atoms with E-state index in [0.29, 0.717) is 17.3 Å². The fourth-order valence-electron chi connectivity index (χ4n) is 4.25. The molecule has 6 heterocycles. The van der Waals surface area contributed by atoms with Gasteiger partial charge in [0.25, 0.3) is 0 Å². The molecule has 0 amide bonds. The first-order valence-electron chi connectivity index (χ1n) is 11.0. The fourth-order valence-corrected chi connectivity index (χ4v) is 5.45. The van der Waals surface area contributed by atoms with Gasteiger partial charge in [0.05, 0.1) is 21.3 Å². The van der Waals surface area contributed by atoms with E-state index in [1.165, 1.54) is 0 Å².